The molecule has 1 N–H and O–H groups in total. The van der Waals surface area contributed by atoms with Crippen LogP contribution in [0.5, 0.6) is 0 Å². The van der Waals surface area contributed by atoms with Crippen molar-refractivity contribution in [2.24, 2.45) is 5.92 Å². The second-order valence-corrected chi connectivity index (χ2v) is 9.05. The molecular weight excluding hydrogens is 448 g/mol. The molecule has 3 aliphatic heterocycles. The van der Waals surface area contributed by atoms with Crippen molar-refractivity contribution in [2.75, 3.05) is 18.8 Å². The summed E-state index contributed by atoms with van der Waals surface area (Å²) in [7, 11) is 1.45. The standard InChI is InChI=1S/C27H28N2O6/c1-3-23(30)18-13-24-27(20-11-7-8-12-22(20)29(33-2)25(27)31)14-21(19(18)16-34-24)28-26(32)35-15-17-9-5-4-6-10-17/h4-13,19,21,24H,3,14-16H2,1-2H3,(H,28,32)/t19-,21-,24+,27-/m0/s1. The summed E-state index contributed by atoms with van der Waals surface area (Å²) in [5, 5.41) is 4.23. The maximum atomic E-state index is 13.9. The number of para-hydroxylation sites is 1. The Balaban J connectivity index is 1.51. The third-order valence-electron chi connectivity index (χ3n) is 7.21. The molecule has 3 heterocycles. The predicted octanol–water partition coefficient (Wildman–Crippen LogP) is 3.45. The van der Waals surface area contributed by atoms with E-state index in [1.807, 2.05) is 54.6 Å². The molecule has 4 atom stereocenters. The molecule has 6 rings (SSSR count). The molecule has 1 spiro atoms. The lowest BCUT2D eigenvalue weighted by molar-refractivity contribution is -0.133. The van der Waals surface area contributed by atoms with Crippen LogP contribution in [-0.4, -0.2) is 43.6 Å². The summed E-state index contributed by atoms with van der Waals surface area (Å²) in [5.74, 6) is -0.691. The predicted molar refractivity (Wildman–Crippen MR) is 127 cm³/mol. The van der Waals surface area contributed by atoms with E-state index in [-0.39, 0.29) is 37.2 Å². The van der Waals surface area contributed by atoms with E-state index in [0.29, 0.717) is 17.7 Å². The van der Waals surface area contributed by atoms with Crippen LogP contribution < -0.4 is 10.4 Å². The highest BCUT2D eigenvalue weighted by atomic mass is 16.7. The third-order valence-corrected chi connectivity index (χ3v) is 7.21. The fourth-order valence-corrected chi connectivity index (χ4v) is 5.51. The van der Waals surface area contributed by atoms with Gasteiger partial charge in [0.05, 0.1) is 25.5 Å². The Morgan fingerprint density at radius 2 is 1.89 bits per heavy atom. The molecule has 0 radical (unpaired) electrons. The number of hydrogen-bond donors (Lipinski definition) is 1. The van der Waals surface area contributed by atoms with Crippen molar-refractivity contribution in [3.05, 3.63) is 77.4 Å². The molecule has 2 amide bonds. The fourth-order valence-electron chi connectivity index (χ4n) is 5.51. The number of alkyl carbamates (subject to hydrolysis) is 1. The van der Waals surface area contributed by atoms with E-state index in [0.717, 1.165) is 11.1 Å². The van der Waals surface area contributed by atoms with Gasteiger partial charge in [0.2, 0.25) is 0 Å². The summed E-state index contributed by atoms with van der Waals surface area (Å²) in [6.07, 6.45) is 1.08. The largest absolute Gasteiger partial charge is 0.445 e. The smallest absolute Gasteiger partial charge is 0.407 e. The SMILES string of the molecule is CCC(=O)C1=C[C@H]2OC[C@@H]1[C@@H](NC(=O)OCc1ccccc1)C[C@@]21C(=O)N(OC)c2ccccc21. The maximum absolute atomic E-state index is 13.9. The number of rotatable bonds is 6. The first-order valence-electron chi connectivity index (χ1n) is 11.8. The van der Waals surface area contributed by atoms with E-state index in [4.69, 9.17) is 14.3 Å². The van der Waals surface area contributed by atoms with Crippen molar-refractivity contribution in [2.45, 2.75) is 43.9 Å². The molecular formula is C27H28N2O6. The average Bonchev–Trinajstić information content (AvgIpc) is 2.98. The number of amides is 2. The van der Waals surface area contributed by atoms with Crippen LogP contribution in [0.25, 0.3) is 0 Å². The van der Waals surface area contributed by atoms with Crippen LogP contribution in [0, 0.1) is 5.92 Å². The Labute approximate surface area is 203 Å². The minimum absolute atomic E-state index is 0.0212. The molecule has 2 aromatic carbocycles. The van der Waals surface area contributed by atoms with Gasteiger partial charge in [-0.3, -0.25) is 14.4 Å². The van der Waals surface area contributed by atoms with Gasteiger partial charge < -0.3 is 14.8 Å². The first-order chi connectivity index (χ1) is 17.0. The lowest BCUT2D eigenvalue weighted by Gasteiger charge is -2.33. The molecule has 0 unspecified atom stereocenters. The maximum Gasteiger partial charge on any atom is 0.407 e. The Morgan fingerprint density at radius 3 is 2.63 bits per heavy atom. The molecule has 4 aliphatic rings. The number of nitrogens with one attached hydrogen (secondary N) is 1. The summed E-state index contributed by atoms with van der Waals surface area (Å²) in [6.45, 7) is 2.14. The number of nitrogens with zero attached hydrogens (tertiary/aromatic N) is 1. The first-order valence-corrected chi connectivity index (χ1v) is 11.8. The Hall–Kier alpha value is -3.49. The summed E-state index contributed by atoms with van der Waals surface area (Å²) >= 11 is 0. The second-order valence-electron chi connectivity index (χ2n) is 9.05. The fraction of sp³-hybridized carbons (Fsp3) is 0.370. The monoisotopic (exact) mass is 476 g/mol. The van der Waals surface area contributed by atoms with Gasteiger partial charge in [0, 0.05) is 24.0 Å². The van der Waals surface area contributed by atoms with E-state index in [1.165, 1.54) is 12.2 Å². The number of ketones is 1. The van der Waals surface area contributed by atoms with Gasteiger partial charge in [0.25, 0.3) is 5.91 Å². The second kappa shape index (κ2) is 9.28. The van der Waals surface area contributed by atoms with Crippen LogP contribution in [-0.2, 0) is 35.9 Å². The number of anilines is 1. The molecule has 1 aliphatic carbocycles. The number of hydrogen-bond acceptors (Lipinski definition) is 6. The summed E-state index contributed by atoms with van der Waals surface area (Å²) in [5.41, 5.74) is 1.70. The Kier molecular flexibility index (Phi) is 6.17. The number of Topliss-reactive ketones (excluding diaryl/α,β-unsaturated/α-hetero) is 1. The van der Waals surface area contributed by atoms with E-state index in [2.05, 4.69) is 5.32 Å². The zero-order valence-corrected chi connectivity index (χ0v) is 19.7. The summed E-state index contributed by atoms with van der Waals surface area (Å²) < 4.78 is 11.7. The number of ether oxygens (including phenoxy) is 2. The average molecular weight is 477 g/mol. The van der Waals surface area contributed by atoms with E-state index >= 15 is 0 Å². The van der Waals surface area contributed by atoms with Gasteiger partial charge in [-0.05, 0) is 29.7 Å². The highest BCUT2D eigenvalue weighted by molar-refractivity contribution is 6.08. The zero-order valence-electron chi connectivity index (χ0n) is 19.7. The Bertz CT molecular complexity index is 1180. The number of fused-ring (bicyclic) bond motifs is 3. The molecule has 1 fully saturated rings. The minimum Gasteiger partial charge on any atom is -0.445 e. The molecule has 2 aromatic rings. The number of hydroxylamine groups is 1. The van der Waals surface area contributed by atoms with Crippen LogP contribution in [0.3, 0.4) is 0 Å². The van der Waals surface area contributed by atoms with Gasteiger partial charge in [0.15, 0.2) is 5.78 Å². The molecule has 2 bridgehead atoms. The van der Waals surface area contributed by atoms with Crippen molar-refractivity contribution in [1.82, 2.24) is 5.32 Å². The van der Waals surface area contributed by atoms with Crippen LogP contribution >= 0.6 is 0 Å². The third kappa shape index (κ3) is 3.83. The minimum atomic E-state index is -1.14. The van der Waals surface area contributed by atoms with Crippen LogP contribution in [0.15, 0.2) is 66.2 Å². The number of carbonyl (C=O) groups is 3. The molecule has 0 aromatic heterocycles. The van der Waals surface area contributed by atoms with Crippen LogP contribution in [0.4, 0.5) is 10.5 Å². The lowest BCUT2D eigenvalue weighted by atomic mass is 9.72. The van der Waals surface area contributed by atoms with Gasteiger partial charge in [-0.2, -0.15) is 5.06 Å². The zero-order chi connectivity index (χ0) is 24.6. The van der Waals surface area contributed by atoms with Gasteiger partial charge >= 0.3 is 6.09 Å². The van der Waals surface area contributed by atoms with Crippen molar-refractivity contribution in [3.63, 3.8) is 0 Å². The van der Waals surface area contributed by atoms with Crippen molar-refractivity contribution in [1.29, 1.82) is 0 Å². The molecule has 8 nitrogen and oxygen atoms in total. The summed E-state index contributed by atoms with van der Waals surface area (Å²) in [4.78, 5) is 45.1. The molecule has 1 saturated heterocycles. The topological polar surface area (TPSA) is 94.2 Å². The first kappa shape index (κ1) is 23.3. The van der Waals surface area contributed by atoms with Gasteiger partial charge in [-0.15, -0.1) is 0 Å². The quantitative estimate of drug-likeness (QED) is 0.686. The summed E-state index contributed by atoms with van der Waals surface area (Å²) in [6, 6.07) is 16.2. The highest BCUT2D eigenvalue weighted by Gasteiger charge is 2.61. The van der Waals surface area contributed by atoms with Crippen molar-refractivity contribution < 1.29 is 28.7 Å². The molecule has 0 saturated carbocycles. The van der Waals surface area contributed by atoms with E-state index < -0.39 is 23.7 Å². The van der Waals surface area contributed by atoms with Crippen molar-refractivity contribution in [3.8, 4) is 0 Å². The number of benzene rings is 2. The van der Waals surface area contributed by atoms with Gasteiger partial charge in [-0.25, -0.2) is 4.79 Å². The number of carbonyl (C=O) groups excluding carboxylic acids is 3. The molecule has 35 heavy (non-hydrogen) atoms. The van der Waals surface area contributed by atoms with E-state index in [9.17, 15) is 14.4 Å². The van der Waals surface area contributed by atoms with E-state index in [1.54, 1.807) is 13.0 Å². The van der Waals surface area contributed by atoms with Crippen molar-refractivity contribution >= 4 is 23.5 Å². The highest BCUT2D eigenvalue weighted by Crippen LogP contribution is 2.52. The van der Waals surface area contributed by atoms with Crippen LogP contribution in [0.1, 0.15) is 30.9 Å². The normalized spacial score (nSPS) is 26.8. The Morgan fingerprint density at radius 1 is 1.14 bits per heavy atom. The van der Waals surface area contributed by atoms with Gasteiger partial charge in [-0.1, -0.05) is 55.5 Å². The molecule has 8 heteroatoms. The molecule has 182 valence electrons. The lowest BCUT2D eigenvalue weighted by Crippen LogP contribution is -2.51. The van der Waals surface area contributed by atoms with Crippen LogP contribution in [0.2, 0.25) is 0 Å². The van der Waals surface area contributed by atoms with Gasteiger partial charge in [0.1, 0.15) is 12.0 Å².